The predicted octanol–water partition coefficient (Wildman–Crippen LogP) is 3.29. The monoisotopic (exact) mass is 375 g/mol. The van der Waals surface area contributed by atoms with Crippen LogP contribution >= 0.6 is 22.9 Å². The van der Waals surface area contributed by atoms with Crippen LogP contribution in [0.5, 0.6) is 0 Å². The molecular weight excluding hydrogens is 358 g/mol. The van der Waals surface area contributed by atoms with Crippen molar-refractivity contribution in [2.24, 2.45) is 11.0 Å². The van der Waals surface area contributed by atoms with Crippen LogP contribution in [0.15, 0.2) is 47.6 Å². The maximum absolute atomic E-state index is 12.3. The second-order valence-electron chi connectivity index (χ2n) is 5.94. The normalized spacial score (nSPS) is 17.8. The van der Waals surface area contributed by atoms with Crippen molar-refractivity contribution in [3.63, 3.8) is 0 Å². The molecule has 1 aliphatic rings. The first kappa shape index (κ1) is 17.6. The first-order valence-corrected chi connectivity index (χ1v) is 9.14. The summed E-state index contributed by atoms with van der Waals surface area (Å²) >= 11 is 7.31. The first-order chi connectivity index (χ1) is 12.0. The summed E-state index contributed by atoms with van der Waals surface area (Å²) in [4.78, 5) is 27.1. The lowest BCUT2D eigenvalue weighted by Gasteiger charge is -2.16. The van der Waals surface area contributed by atoms with E-state index in [0.717, 1.165) is 10.4 Å². The van der Waals surface area contributed by atoms with Crippen LogP contribution in [0.1, 0.15) is 23.8 Å². The highest BCUT2D eigenvalue weighted by Gasteiger charge is 2.34. The summed E-state index contributed by atoms with van der Waals surface area (Å²) in [7, 11) is 0. The third-order valence-electron chi connectivity index (χ3n) is 4.07. The smallest absolute Gasteiger partial charge is 0.245 e. The highest BCUT2D eigenvalue weighted by atomic mass is 35.5. The van der Waals surface area contributed by atoms with E-state index in [4.69, 9.17) is 11.6 Å². The van der Waals surface area contributed by atoms with Gasteiger partial charge in [-0.3, -0.25) is 9.59 Å². The molecule has 1 saturated heterocycles. The molecule has 1 aromatic heterocycles. The highest BCUT2D eigenvalue weighted by molar-refractivity contribution is 7.18. The summed E-state index contributed by atoms with van der Waals surface area (Å²) in [5.74, 6) is -0.611. The summed E-state index contributed by atoms with van der Waals surface area (Å²) in [5, 5.41) is 4.13. The number of carbonyl (C=O) groups excluding carboxylic acids is 2. The summed E-state index contributed by atoms with van der Waals surface area (Å²) in [6, 6.07) is 13.4. The largest absolute Gasteiger partial charge is 0.338 e. The van der Waals surface area contributed by atoms with Gasteiger partial charge in [0.1, 0.15) is 0 Å². The van der Waals surface area contributed by atoms with Gasteiger partial charge < -0.3 is 4.90 Å². The van der Waals surface area contributed by atoms with Crippen molar-refractivity contribution < 1.29 is 9.59 Å². The predicted molar refractivity (Wildman–Crippen MR) is 99.6 cm³/mol. The number of carbonyl (C=O) groups is 2. The van der Waals surface area contributed by atoms with E-state index < -0.39 is 0 Å². The number of nitrogens with zero attached hydrogens (tertiary/aromatic N) is 2. The van der Waals surface area contributed by atoms with Gasteiger partial charge >= 0.3 is 0 Å². The van der Waals surface area contributed by atoms with Gasteiger partial charge in [-0.2, -0.15) is 5.10 Å². The standard InChI is InChI=1S/C18H18ClN3O2S/c1-12(15-7-8-16(19)25-15)20-21-18(24)14-9-17(23)22(11-14)10-13-5-3-2-4-6-13/h2-8,14H,9-11H2,1H3,(H,21,24). The van der Waals surface area contributed by atoms with Crippen LogP contribution in [-0.2, 0) is 16.1 Å². The number of thiophene rings is 1. The van der Waals surface area contributed by atoms with Crippen LogP contribution in [0.2, 0.25) is 4.34 Å². The Morgan fingerprint density at radius 1 is 1.32 bits per heavy atom. The van der Waals surface area contributed by atoms with Gasteiger partial charge in [0.25, 0.3) is 0 Å². The minimum absolute atomic E-state index is 0.00487. The van der Waals surface area contributed by atoms with Crippen LogP contribution in [0, 0.1) is 5.92 Å². The molecule has 2 heterocycles. The van der Waals surface area contributed by atoms with Gasteiger partial charge in [-0.1, -0.05) is 41.9 Å². The first-order valence-electron chi connectivity index (χ1n) is 7.94. The van der Waals surface area contributed by atoms with Gasteiger partial charge in [-0.15, -0.1) is 11.3 Å². The molecule has 7 heteroatoms. The van der Waals surface area contributed by atoms with Crippen molar-refractivity contribution in [2.75, 3.05) is 6.54 Å². The van der Waals surface area contributed by atoms with Crippen LogP contribution in [0.25, 0.3) is 0 Å². The molecule has 0 bridgehead atoms. The number of benzene rings is 1. The Morgan fingerprint density at radius 3 is 2.76 bits per heavy atom. The van der Waals surface area contributed by atoms with E-state index in [1.165, 1.54) is 11.3 Å². The van der Waals surface area contributed by atoms with Crippen molar-refractivity contribution in [3.05, 3.63) is 57.2 Å². The number of nitrogens with one attached hydrogen (secondary N) is 1. The minimum Gasteiger partial charge on any atom is -0.338 e. The van der Waals surface area contributed by atoms with Crippen molar-refractivity contribution >= 4 is 40.5 Å². The Kier molecular flexibility index (Phi) is 5.50. The van der Waals surface area contributed by atoms with Gasteiger partial charge in [0.15, 0.2) is 0 Å². The number of hydrogen-bond acceptors (Lipinski definition) is 4. The van der Waals surface area contributed by atoms with E-state index in [9.17, 15) is 9.59 Å². The molecule has 1 fully saturated rings. The second-order valence-corrected chi connectivity index (χ2v) is 7.65. The number of halogens is 1. The van der Waals surface area contributed by atoms with E-state index in [2.05, 4.69) is 10.5 Å². The topological polar surface area (TPSA) is 61.8 Å². The minimum atomic E-state index is -0.375. The molecule has 0 saturated carbocycles. The zero-order valence-electron chi connectivity index (χ0n) is 13.7. The van der Waals surface area contributed by atoms with Gasteiger partial charge in [0.2, 0.25) is 11.8 Å². The lowest BCUT2D eigenvalue weighted by molar-refractivity contribution is -0.129. The number of hydrazone groups is 1. The number of hydrogen-bond donors (Lipinski definition) is 1. The third-order valence-corrected chi connectivity index (χ3v) is 5.41. The molecule has 1 N–H and O–H groups in total. The third kappa shape index (κ3) is 4.46. The fraction of sp³-hybridized carbons (Fsp3) is 0.278. The fourth-order valence-corrected chi connectivity index (χ4v) is 3.69. The zero-order valence-corrected chi connectivity index (χ0v) is 15.3. The van der Waals surface area contributed by atoms with E-state index in [1.54, 1.807) is 11.0 Å². The number of rotatable bonds is 5. The fourth-order valence-electron chi connectivity index (χ4n) is 2.70. The lowest BCUT2D eigenvalue weighted by atomic mass is 10.1. The molecule has 3 rings (SSSR count). The molecule has 5 nitrogen and oxygen atoms in total. The molecule has 2 amide bonds. The molecule has 130 valence electrons. The highest BCUT2D eigenvalue weighted by Crippen LogP contribution is 2.22. The lowest BCUT2D eigenvalue weighted by Crippen LogP contribution is -2.30. The Morgan fingerprint density at radius 2 is 2.08 bits per heavy atom. The van der Waals surface area contributed by atoms with Crippen LogP contribution in [-0.4, -0.2) is 29.0 Å². The molecule has 2 aromatic rings. The molecule has 0 aliphatic carbocycles. The zero-order chi connectivity index (χ0) is 17.8. The average molecular weight is 376 g/mol. The van der Waals surface area contributed by atoms with E-state index in [1.807, 2.05) is 43.3 Å². The Labute approximate surface area is 155 Å². The van der Waals surface area contributed by atoms with Gasteiger partial charge in [0, 0.05) is 19.5 Å². The summed E-state index contributed by atoms with van der Waals surface area (Å²) in [6.07, 6.45) is 0.220. The van der Waals surface area contributed by atoms with Crippen LogP contribution in [0.3, 0.4) is 0 Å². The van der Waals surface area contributed by atoms with Crippen molar-refractivity contribution in [2.45, 2.75) is 19.9 Å². The molecule has 1 aromatic carbocycles. The van der Waals surface area contributed by atoms with Crippen LogP contribution in [0.4, 0.5) is 0 Å². The van der Waals surface area contributed by atoms with E-state index in [0.29, 0.717) is 23.1 Å². The maximum atomic E-state index is 12.3. The molecule has 25 heavy (non-hydrogen) atoms. The van der Waals surface area contributed by atoms with Crippen molar-refractivity contribution in [1.29, 1.82) is 0 Å². The molecular formula is C18H18ClN3O2S. The maximum Gasteiger partial charge on any atom is 0.245 e. The SMILES string of the molecule is CC(=NNC(=O)C1CC(=O)N(Cc2ccccc2)C1)c1ccc(Cl)s1. The summed E-state index contributed by atoms with van der Waals surface area (Å²) in [5.41, 5.74) is 4.32. The molecule has 1 aliphatic heterocycles. The Balaban J connectivity index is 1.57. The van der Waals surface area contributed by atoms with Crippen LogP contribution < -0.4 is 5.43 Å². The Bertz CT molecular complexity index is 804. The second kappa shape index (κ2) is 7.80. The van der Waals surface area contributed by atoms with Crippen molar-refractivity contribution in [1.82, 2.24) is 10.3 Å². The average Bonchev–Trinajstić information content (AvgIpc) is 3.20. The summed E-state index contributed by atoms with van der Waals surface area (Å²) in [6.45, 7) is 2.75. The van der Waals surface area contributed by atoms with Crippen molar-refractivity contribution in [3.8, 4) is 0 Å². The summed E-state index contributed by atoms with van der Waals surface area (Å²) < 4.78 is 0.675. The Hall–Kier alpha value is -2.18. The van der Waals surface area contributed by atoms with E-state index in [-0.39, 0.29) is 24.2 Å². The molecule has 0 radical (unpaired) electrons. The van der Waals surface area contributed by atoms with E-state index >= 15 is 0 Å². The molecule has 1 atom stereocenters. The molecule has 1 unspecified atom stereocenters. The van der Waals surface area contributed by atoms with Gasteiger partial charge in [-0.25, -0.2) is 5.43 Å². The van der Waals surface area contributed by atoms with Gasteiger partial charge in [0.05, 0.1) is 20.8 Å². The van der Waals surface area contributed by atoms with Gasteiger partial charge in [-0.05, 0) is 24.6 Å². The number of likely N-dealkylation sites (tertiary alicyclic amines) is 1. The molecule has 0 spiro atoms. The quantitative estimate of drug-likeness (QED) is 0.643. The number of amides is 2.